The molecule has 0 fully saturated rings. The van der Waals surface area contributed by atoms with Gasteiger partial charge in [0.05, 0.1) is 5.56 Å². The summed E-state index contributed by atoms with van der Waals surface area (Å²) >= 11 is 5.79. The van der Waals surface area contributed by atoms with E-state index in [4.69, 9.17) is 16.7 Å². The molecule has 0 saturated carbocycles. The molecule has 0 aliphatic rings. The quantitative estimate of drug-likeness (QED) is 0.895. The van der Waals surface area contributed by atoms with E-state index in [1.165, 1.54) is 30.3 Å². The van der Waals surface area contributed by atoms with Gasteiger partial charge in [0.15, 0.2) is 0 Å². The number of aromatic carboxylic acids is 1. The van der Waals surface area contributed by atoms with E-state index in [0.717, 1.165) is 0 Å². The van der Waals surface area contributed by atoms with E-state index >= 15 is 0 Å². The van der Waals surface area contributed by atoms with Crippen LogP contribution in [0.4, 0.5) is 10.1 Å². The van der Waals surface area contributed by atoms with Gasteiger partial charge in [-0.15, -0.1) is 0 Å². The van der Waals surface area contributed by atoms with Crippen LogP contribution in [-0.4, -0.2) is 11.1 Å². The Bertz CT molecular complexity index is 616. The normalized spacial score (nSPS) is 10.2. The van der Waals surface area contributed by atoms with Gasteiger partial charge in [0.25, 0.3) is 0 Å². The topological polar surface area (TPSA) is 49.3 Å². The Hall–Kier alpha value is -2.07. The molecule has 0 atom stereocenters. The van der Waals surface area contributed by atoms with E-state index in [2.05, 4.69) is 5.32 Å². The van der Waals surface area contributed by atoms with E-state index in [0.29, 0.717) is 16.3 Å². The van der Waals surface area contributed by atoms with E-state index in [-0.39, 0.29) is 17.9 Å². The number of anilines is 1. The molecule has 0 saturated heterocycles. The summed E-state index contributed by atoms with van der Waals surface area (Å²) in [7, 11) is 0. The number of carboxylic acid groups (broad SMARTS) is 1. The lowest BCUT2D eigenvalue weighted by atomic mass is 10.2. The van der Waals surface area contributed by atoms with Crippen LogP contribution in [0.3, 0.4) is 0 Å². The van der Waals surface area contributed by atoms with Crippen molar-refractivity contribution in [2.75, 3.05) is 5.32 Å². The summed E-state index contributed by atoms with van der Waals surface area (Å²) in [5, 5.41) is 12.3. The zero-order chi connectivity index (χ0) is 13.8. The number of nitrogens with one attached hydrogen (secondary N) is 1. The van der Waals surface area contributed by atoms with Gasteiger partial charge < -0.3 is 10.4 Å². The van der Waals surface area contributed by atoms with E-state index < -0.39 is 5.97 Å². The Morgan fingerprint density at radius 3 is 2.79 bits per heavy atom. The molecule has 2 aromatic carbocycles. The molecule has 0 aliphatic carbocycles. The number of carbonyl (C=O) groups is 1. The highest BCUT2D eigenvalue weighted by atomic mass is 35.5. The van der Waals surface area contributed by atoms with Crippen molar-refractivity contribution >= 4 is 23.3 Å². The van der Waals surface area contributed by atoms with Crippen LogP contribution in [0.1, 0.15) is 15.9 Å². The monoisotopic (exact) mass is 279 g/mol. The zero-order valence-corrected chi connectivity index (χ0v) is 10.6. The molecule has 3 nitrogen and oxygen atoms in total. The number of benzene rings is 2. The number of rotatable bonds is 4. The molecule has 0 unspecified atom stereocenters. The highest BCUT2D eigenvalue weighted by Crippen LogP contribution is 2.17. The summed E-state index contributed by atoms with van der Waals surface area (Å²) in [5.74, 6) is -1.36. The van der Waals surface area contributed by atoms with Gasteiger partial charge in [0.2, 0.25) is 0 Å². The van der Waals surface area contributed by atoms with Gasteiger partial charge in [-0.3, -0.25) is 0 Å². The predicted octanol–water partition coefficient (Wildman–Crippen LogP) is 3.79. The predicted molar refractivity (Wildman–Crippen MR) is 72.1 cm³/mol. The first kappa shape index (κ1) is 13.4. The van der Waals surface area contributed by atoms with Crippen LogP contribution in [0.2, 0.25) is 5.02 Å². The molecule has 0 aromatic heterocycles. The van der Waals surface area contributed by atoms with E-state index in [1.54, 1.807) is 12.1 Å². The van der Waals surface area contributed by atoms with Crippen LogP contribution in [-0.2, 0) is 6.54 Å². The van der Waals surface area contributed by atoms with Gasteiger partial charge in [-0.05, 0) is 36.4 Å². The lowest BCUT2D eigenvalue weighted by molar-refractivity contribution is 0.0697. The van der Waals surface area contributed by atoms with Crippen LogP contribution >= 0.6 is 11.6 Å². The third kappa shape index (κ3) is 3.45. The summed E-state index contributed by atoms with van der Waals surface area (Å²) < 4.78 is 13.5. The summed E-state index contributed by atoms with van der Waals surface area (Å²) in [6.07, 6.45) is 0. The second-order valence-corrected chi connectivity index (χ2v) is 4.41. The molecule has 2 N–H and O–H groups in total. The van der Waals surface area contributed by atoms with Crippen LogP contribution in [0, 0.1) is 5.82 Å². The molecule has 0 aliphatic heterocycles. The number of halogens is 2. The van der Waals surface area contributed by atoms with Gasteiger partial charge in [0, 0.05) is 22.8 Å². The van der Waals surface area contributed by atoms with Crippen LogP contribution < -0.4 is 5.32 Å². The molecule has 2 aromatic rings. The maximum absolute atomic E-state index is 13.5. The molecule has 0 amide bonds. The first-order chi connectivity index (χ1) is 9.06. The first-order valence-corrected chi connectivity index (χ1v) is 5.95. The maximum Gasteiger partial charge on any atom is 0.335 e. The highest BCUT2D eigenvalue weighted by molar-refractivity contribution is 6.30. The van der Waals surface area contributed by atoms with Crippen LogP contribution in [0.15, 0.2) is 42.5 Å². The zero-order valence-electron chi connectivity index (χ0n) is 9.86. The van der Waals surface area contributed by atoms with Crippen molar-refractivity contribution in [1.82, 2.24) is 0 Å². The van der Waals surface area contributed by atoms with Crippen molar-refractivity contribution in [3.8, 4) is 0 Å². The van der Waals surface area contributed by atoms with Crippen LogP contribution in [0.25, 0.3) is 0 Å². The molecule has 5 heteroatoms. The van der Waals surface area contributed by atoms with Crippen molar-refractivity contribution in [2.45, 2.75) is 6.54 Å². The Kier molecular flexibility index (Phi) is 4.02. The van der Waals surface area contributed by atoms with Crippen LogP contribution in [0.5, 0.6) is 0 Å². The van der Waals surface area contributed by atoms with Gasteiger partial charge in [-0.25, -0.2) is 9.18 Å². The fourth-order valence-corrected chi connectivity index (χ4v) is 1.83. The molecule has 0 radical (unpaired) electrons. The molecule has 0 spiro atoms. The largest absolute Gasteiger partial charge is 0.478 e. The van der Waals surface area contributed by atoms with Crippen molar-refractivity contribution in [1.29, 1.82) is 0 Å². The van der Waals surface area contributed by atoms with Crippen molar-refractivity contribution in [3.05, 3.63) is 64.4 Å². The maximum atomic E-state index is 13.5. The number of hydrogen-bond donors (Lipinski definition) is 2. The molecule has 19 heavy (non-hydrogen) atoms. The standard InChI is InChI=1S/C14H11ClFNO2/c15-11-4-5-13(16)10(6-11)8-17-12-3-1-2-9(7-12)14(18)19/h1-7,17H,8H2,(H,18,19). The lowest BCUT2D eigenvalue weighted by Crippen LogP contribution is -2.03. The molecule has 2 rings (SSSR count). The average molecular weight is 280 g/mol. The third-order valence-corrected chi connectivity index (χ3v) is 2.84. The second-order valence-electron chi connectivity index (χ2n) is 3.98. The van der Waals surface area contributed by atoms with Crippen molar-refractivity contribution in [3.63, 3.8) is 0 Å². The summed E-state index contributed by atoms with van der Waals surface area (Å²) in [4.78, 5) is 10.8. The molecular weight excluding hydrogens is 269 g/mol. The molecular formula is C14H11ClFNO2. The Morgan fingerprint density at radius 1 is 1.26 bits per heavy atom. The lowest BCUT2D eigenvalue weighted by Gasteiger charge is -2.08. The molecule has 0 heterocycles. The minimum absolute atomic E-state index is 0.177. The smallest absolute Gasteiger partial charge is 0.335 e. The summed E-state index contributed by atoms with van der Waals surface area (Å²) in [6, 6.07) is 10.6. The van der Waals surface area contributed by atoms with Crippen molar-refractivity contribution < 1.29 is 14.3 Å². The fourth-order valence-electron chi connectivity index (χ4n) is 1.64. The minimum Gasteiger partial charge on any atom is -0.478 e. The summed E-state index contributed by atoms with van der Waals surface area (Å²) in [6.45, 7) is 0.232. The van der Waals surface area contributed by atoms with Gasteiger partial charge in [-0.1, -0.05) is 17.7 Å². The van der Waals surface area contributed by atoms with E-state index in [9.17, 15) is 9.18 Å². The fraction of sp³-hybridized carbons (Fsp3) is 0.0714. The number of hydrogen-bond acceptors (Lipinski definition) is 2. The third-order valence-electron chi connectivity index (χ3n) is 2.60. The molecule has 98 valence electrons. The Balaban J connectivity index is 2.12. The van der Waals surface area contributed by atoms with Gasteiger partial charge in [-0.2, -0.15) is 0 Å². The molecule has 0 bridgehead atoms. The van der Waals surface area contributed by atoms with Gasteiger partial charge in [0.1, 0.15) is 5.82 Å². The van der Waals surface area contributed by atoms with E-state index in [1.807, 2.05) is 0 Å². The second kappa shape index (κ2) is 5.71. The van der Waals surface area contributed by atoms with Gasteiger partial charge >= 0.3 is 5.97 Å². The first-order valence-electron chi connectivity index (χ1n) is 5.57. The van der Waals surface area contributed by atoms with Crippen molar-refractivity contribution in [2.24, 2.45) is 0 Å². The summed E-state index contributed by atoms with van der Waals surface area (Å²) in [5.41, 5.74) is 1.21. The minimum atomic E-state index is -1.00. The SMILES string of the molecule is O=C(O)c1cccc(NCc2cc(Cl)ccc2F)c1. The average Bonchev–Trinajstić information content (AvgIpc) is 2.40. The Labute approximate surface area is 114 Å². The number of carboxylic acids is 1. The highest BCUT2D eigenvalue weighted by Gasteiger charge is 2.05. The Morgan fingerprint density at radius 2 is 2.05 bits per heavy atom.